The van der Waals surface area contributed by atoms with Crippen molar-refractivity contribution in [3.05, 3.63) is 87.1 Å². The molecular weight excluding hydrogens is 374 g/mol. The molecule has 130 valence electrons. The third-order valence-corrected chi connectivity index (χ3v) is 5.39. The molecule has 1 aromatic heterocycles. The number of nitrogens with zero attached hydrogens (tertiary/aromatic N) is 2. The maximum Gasteiger partial charge on any atom is 0.0662 e. The van der Waals surface area contributed by atoms with E-state index in [1.165, 1.54) is 22.4 Å². The maximum absolute atomic E-state index is 4.74. The Morgan fingerprint density at radius 1 is 1.04 bits per heavy atom. The summed E-state index contributed by atoms with van der Waals surface area (Å²) in [5.41, 5.74) is 6.16. The summed E-state index contributed by atoms with van der Waals surface area (Å²) in [6.07, 6.45) is 0. The van der Waals surface area contributed by atoms with Crippen LogP contribution >= 0.6 is 15.9 Å². The molecule has 0 bridgehead atoms. The molecule has 0 aliphatic rings. The lowest BCUT2D eigenvalue weighted by Crippen LogP contribution is -2.19. The van der Waals surface area contributed by atoms with Crippen LogP contribution in [0, 0.1) is 13.8 Å². The second-order valence-electron chi connectivity index (χ2n) is 6.42. The van der Waals surface area contributed by atoms with Crippen LogP contribution in [0.25, 0.3) is 0 Å². The van der Waals surface area contributed by atoms with Gasteiger partial charge in [0.2, 0.25) is 0 Å². The van der Waals surface area contributed by atoms with Gasteiger partial charge in [0.15, 0.2) is 0 Å². The van der Waals surface area contributed by atoms with Gasteiger partial charge in [-0.05, 0) is 38.0 Å². The minimum absolute atomic E-state index is 0.270. The largest absolute Gasteiger partial charge is 0.306 e. The molecule has 0 saturated carbocycles. The van der Waals surface area contributed by atoms with Crippen molar-refractivity contribution in [1.29, 1.82) is 0 Å². The second kappa shape index (κ2) is 7.98. The number of aryl methyl sites for hydroxylation is 1. The average Bonchev–Trinajstić information content (AvgIpc) is 2.87. The Bertz CT molecular complexity index is 840. The van der Waals surface area contributed by atoms with E-state index in [-0.39, 0.29) is 6.04 Å². The van der Waals surface area contributed by atoms with E-state index in [2.05, 4.69) is 89.2 Å². The first-order valence-electron chi connectivity index (χ1n) is 8.61. The predicted molar refractivity (Wildman–Crippen MR) is 107 cm³/mol. The molecule has 1 heterocycles. The highest BCUT2D eigenvalue weighted by Gasteiger charge is 2.14. The lowest BCUT2D eigenvalue weighted by molar-refractivity contribution is 0.569. The topological polar surface area (TPSA) is 29.9 Å². The highest BCUT2D eigenvalue weighted by atomic mass is 79.9. The van der Waals surface area contributed by atoms with Gasteiger partial charge in [-0.1, -0.05) is 64.5 Å². The normalized spacial score (nSPS) is 12.3. The minimum Gasteiger partial charge on any atom is -0.306 e. The van der Waals surface area contributed by atoms with Gasteiger partial charge in [0.25, 0.3) is 0 Å². The second-order valence-corrected chi connectivity index (χ2v) is 7.27. The number of aromatic nitrogens is 2. The molecule has 0 saturated heterocycles. The van der Waals surface area contributed by atoms with Gasteiger partial charge in [0.05, 0.1) is 12.2 Å². The molecule has 1 unspecified atom stereocenters. The number of nitrogens with one attached hydrogen (secondary N) is 1. The van der Waals surface area contributed by atoms with Crippen LogP contribution in [0.3, 0.4) is 0 Å². The molecule has 0 spiro atoms. The van der Waals surface area contributed by atoms with Crippen LogP contribution < -0.4 is 5.32 Å². The molecule has 0 fully saturated rings. The number of halogens is 1. The van der Waals surface area contributed by atoms with Gasteiger partial charge < -0.3 is 5.32 Å². The Balaban J connectivity index is 1.72. The van der Waals surface area contributed by atoms with E-state index in [0.717, 1.165) is 23.3 Å². The van der Waals surface area contributed by atoms with Crippen LogP contribution in [0.1, 0.15) is 41.0 Å². The van der Waals surface area contributed by atoms with E-state index < -0.39 is 0 Å². The fourth-order valence-electron chi connectivity index (χ4n) is 3.09. The van der Waals surface area contributed by atoms with Crippen LogP contribution in [-0.4, -0.2) is 9.78 Å². The van der Waals surface area contributed by atoms with Crippen LogP contribution in [-0.2, 0) is 13.1 Å². The first kappa shape index (κ1) is 17.9. The molecule has 3 nitrogen and oxygen atoms in total. The van der Waals surface area contributed by atoms with Crippen molar-refractivity contribution < 1.29 is 0 Å². The van der Waals surface area contributed by atoms with E-state index in [1.54, 1.807) is 0 Å². The minimum atomic E-state index is 0.270. The highest BCUT2D eigenvalue weighted by molar-refractivity contribution is 9.10. The monoisotopic (exact) mass is 397 g/mol. The Morgan fingerprint density at radius 2 is 1.72 bits per heavy atom. The van der Waals surface area contributed by atoms with Crippen LogP contribution in [0.2, 0.25) is 0 Å². The van der Waals surface area contributed by atoms with E-state index in [9.17, 15) is 0 Å². The standard InChI is InChI=1S/C21H24BrN3/c1-15(19-11-7-8-12-21(19)22)23-13-20-16(2)24-25(17(20)3)14-18-9-5-4-6-10-18/h4-12,15,23H,13-14H2,1-3H3. The lowest BCUT2D eigenvalue weighted by atomic mass is 10.1. The first-order chi connectivity index (χ1) is 12.1. The third-order valence-electron chi connectivity index (χ3n) is 4.66. The van der Waals surface area contributed by atoms with Crippen LogP contribution in [0.4, 0.5) is 0 Å². The van der Waals surface area contributed by atoms with Gasteiger partial charge in [-0.25, -0.2) is 0 Å². The zero-order valence-corrected chi connectivity index (χ0v) is 16.5. The summed E-state index contributed by atoms with van der Waals surface area (Å²) in [4.78, 5) is 0. The Hall–Kier alpha value is -1.91. The zero-order chi connectivity index (χ0) is 17.8. The smallest absolute Gasteiger partial charge is 0.0662 e. The maximum atomic E-state index is 4.74. The molecule has 0 aliphatic carbocycles. The molecule has 3 rings (SSSR count). The summed E-state index contributed by atoms with van der Waals surface area (Å²) in [7, 11) is 0. The van der Waals surface area contributed by atoms with Gasteiger partial charge >= 0.3 is 0 Å². The number of rotatable bonds is 6. The Morgan fingerprint density at radius 3 is 2.44 bits per heavy atom. The molecule has 0 aliphatic heterocycles. The van der Waals surface area contributed by atoms with Crippen molar-refractivity contribution in [3.8, 4) is 0 Å². The predicted octanol–water partition coefficient (Wildman–Crippen LogP) is 5.16. The molecule has 0 amide bonds. The summed E-state index contributed by atoms with van der Waals surface area (Å²) in [6, 6.07) is 19.1. The summed E-state index contributed by atoms with van der Waals surface area (Å²) in [5, 5.41) is 8.37. The molecule has 1 atom stereocenters. The molecule has 1 N–H and O–H groups in total. The SMILES string of the molecule is Cc1nn(Cc2ccccc2)c(C)c1CNC(C)c1ccccc1Br. The summed E-state index contributed by atoms with van der Waals surface area (Å²) < 4.78 is 3.24. The summed E-state index contributed by atoms with van der Waals surface area (Å²) in [6.45, 7) is 8.07. The number of benzene rings is 2. The van der Waals surface area contributed by atoms with Crippen LogP contribution in [0.5, 0.6) is 0 Å². The van der Waals surface area contributed by atoms with Gasteiger partial charge in [-0.2, -0.15) is 5.10 Å². The van der Waals surface area contributed by atoms with Crippen LogP contribution in [0.15, 0.2) is 59.1 Å². The van der Waals surface area contributed by atoms with Crippen molar-refractivity contribution in [2.45, 2.75) is 39.9 Å². The van der Waals surface area contributed by atoms with Gasteiger partial charge in [0, 0.05) is 28.3 Å². The third kappa shape index (κ3) is 4.20. The number of hydrogen-bond acceptors (Lipinski definition) is 2. The fraction of sp³-hybridized carbons (Fsp3) is 0.286. The Labute approximate surface area is 158 Å². The van der Waals surface area contributed by atoms with E-state index in [1.807, 2.05) is 12.1 Å². The lowest BCUT2D eigenvalue weighted by Gasteiger charge is -2.16. The molecule has 25 heavy (non-hydrogen) atoms. The quantitative estimate of drug-likeness (QED) is 0.622. The van der Waals surface area contributed by atoms with Crippen molar-refractivity contribution in [2.24, 2.45) is 0 Å². The fourth-order valence-corrected chi connectivity index (χ4v) is 3.72. The van der Waals surface area contributed by atoms with Crippen molar-refractivity contribution in [2.75, 3.05) is 0 Å². The van der Waals surface area contributed by atoms with E-state index in [4.69, 9.17) is 5.10 Å². The van der Waals surface area contributed by atoms with Gasteiger partial charge in [0.1, 0.15) is 0 Å². The molecule has 0 radical (unpaired) electrons. The molecule has 2 aromatic carbocycles. The van der Waals surface area contributed by atoms with Crippen molar-refractivity contribution in [3.63, 3.8) is 0 Å². The molecular formula is C21H24BrN3. The zero-order valence-electron chi connectivity index (χ0n) is 15.0. The highest BCUT2D eigenvalue weighted by Crippen LogP contribution is 2.23. The number of hydrogen-bond donors (Lipinski definition) is 1. The van der Waals surface area contributed by atoms with Crippen molar-refractivity contribution >= 4 is 15.9 Å². The van der Waals surface area contributed by atoms with Gasteiger partial charge in [-0.3, -0.25) is 4.68 Å². The molecule has 4 heteroatoms. The first-order valence-corrected chi connectivity index (χ1v) is 9.40. The van der Waals surface area contributed by atoms with Crippen molar-refractivity contribution in [1.82, 2.24) is 15.1 Å². The Kier molecular flexibility index (Phi) is 5.71. The van der Waals surface area contributed by atoms with E-state index in [0.29, 0.717) is 0 Å². The van der Waals surface area contributed by atoms with E-state index >= 15 is 0 Å². The van der Waals surface area contributed by atoms with Gasteiger partial charge in [-0.15, -0.1) is 0 Å². The molecule has 3 aromatic rings. The average molecular weight is 398 g/mol. The summed E-state index contributed by atoms with van der Waals surface area (Å²) >= 11 is 3.64. The summed E-state index contributed by atoms with van der Waals surface area (Å²) in [5.74, 6) is 0.